The lowest BCUT2D eigenvalue weighted by molar-refractivity contribution is -0.136. The van der Waals surface area contributed by atoms with Crippen molar-refractivity contribution in [3.05, 3.63) is 0 Å². The molecule has 21 nitrogen and oxygen atoms in total. The summed E-state index contributed by atoms with van der Waals surface area (Å²) in [5.41, 5.74) is 23.7. The number of rotatable bonds is 25. The van der Waals surface area contributed by atoms with Crippen LogP contribution in [0.2, 0.25) is 0 Å². The zero-order valence-electron chi connectivity index (χ0n) is 43.2. The molecular formula is C49H91N11O10. The quantitative estimate of drug-likeness (QED) is 0.0529. The fourth-order valence-corrected chi connectivity index (χ4v) is 8.42. The van der Waals surface area contributed by atoms with E-state index in [1.807, 2.05) is 41.5 Å². The Morgan fingerprint density at radius 3 is 1.57 bits per heavy atom. The zero-order chi connectivity index (χ0) is 52.9. The second kappa shape index (κ2) is 34.7. The lowest BCUT2D eigenvalue weighted by Gasteiger charge is -2.28. The molecule has 1 aliphatic heterocycles. The molecule has 1 aliphatic rings. The Morgan fingerprint density at radius 2 is 1.06 bits per heavy atom. The standard InChI is InChI=1S/C49H91N11O10/c1-8-9-10-11-12-13-34(61)27-43(64)55-40(28-53)42(63)25-32-17-21-54-46(67)38(23-30(4)5)60-48(69)37(16-20-52)57-47(68)36(15-19-51)58-49(70)39(24-31(6)7)59-45(66)33(22-29(2)3)26-41(62)35(14-18-50)56-44(32)65/h29-40,61H,8-28,50-53H2,1-7H3,(H,54,67)(H,55,64)(H,56,65)(H,57,68)(H,58,70)(H,59,66)(H,60,69)/t32-,33+,34-,35+,36+,37+,38+,39+,40-/m1/s1. The summed E-state index contributed by atoms with van der Waals surface area (Å²) >= 11 is 0. The Labute approximate surface area is 416 Å². The van der Waals surface area contributed by atoms with E-state index < -0.39 is 114 Å². The molecule has 0 spiro atoms. The van der Waals surface area contributed by atoms with Crippen LogP contribution < -0.4 is 60.2 Å². The van der Waals surface area contributed by atoms with E-state index in [9.17, 15) is 48.3 Å². The van der Waals surface area contributed by atoms with E-state index >= 15 is 0 Å². The molecule has 21 heteroatoms. The molecular weight excluding hydrogens is 903 g/mol. The third kappa shape index (κ3) is 25.0. The number of unbranched alkanes of at least 4 members (excludes halogenated alkanes) is 4. The number of nitrogens with one attached hydrogen (secondary N) is 7. The molecule has 0 saturated carbocycles. The van der Waals surface area contributed by atoms with E-state index in [2.05, 4.69) is 44.1 Å². The van der Waals surface area contributed by atoms with Crippen molar-refractivity contribution < 1.29 is 48.3 Å². The van der Waals surface area contributed by atoms with Crippen molar-refractivity contribution in [2.24, 2.45) is 52.5 Å². The minimum absolute atomic E-state index is 0.0212. The van der Waals surface area contributed by atoms with E-state index in [0.29, 0.717) is 6.42 Å². The molecule has 0 aromatic heterocycles. The molecule has 9 atom stereocenters. The second-order valence-corrected chi connectivity index (χ2v) is 20.2. The molecule has 402 valence electrons. The number of ketones is 2. The maximum Gasteiger partial charge on any atom is 0.243 e. The summed E-state index contributed by atoms with van der Waals surface area (Å²) in [6, 6.07) is -7.12. The number of carbonyl (C=O) groups excluding carboxylic acids is 9. The molecule has 70 heavy (non-hydrogen) atoms. The Balaban J connectivity index is 3.76. The van der Waals surface area contributed by atoms with Crippen molar-refractivity contribution >= 4 is 52.9 Å². The number of carbonyl (C=O) groups is 9. The van der Waals surface area contributed by atoms with Gasteiger partial charge >= 0.3 is 0 Å². The van der Waals surface area contributed by atoms with Crippen LogP contribution >= 0.6 is 0 Å². The van der Waals surface area contributed by atoms with Gasteiger partial charge in [-0.25, -0.2) is 0 Å². The van der Waals surface area contributed by atoms with Gasteiger partial charge in [0.1, 0.15) is 24.2 Å². The maximum absolute atomic E-state index is 14.3. The van der Waals surface area contributed by atoms with Crippen molar-refractivity contribution in [3.63, 3.8) is 0 Å². The van der Waals surface area contributed by atoms with E-state index in [-0.39, 0.29) is 108 Å². The van der Waals surface area contributed by atoms with Crippen LogP contribution in [0.5, 0.6) is 0 Å². The number of nitrogens with two attached hydrogens (primary N) is 4. The predicted molar refractivity (Wildman–Crippen MR) is 268 cm³/mol. The van der Waals surface area contributed by atoms with Crippen LogP contribution in [0.3, 0.4) is 0 Å². The summed E-state index contributed by atoms with van der Waals surface area (Å²) in [7, 11) is 0. The van der Waals surface area contributed by atoms with Crippen molar-refractivity contribution in [2.45, 2.75) is 194 Å². The molecule has 1 saturated heterocycles. The lowest BCUT2D eigenvalue weighted by Crippen LogP contribution is -2.59. The second-order valence-electron chi connectivity index (χ2n) is 20.2. The molecule has 0 aromatic carbocycles. The van der Waals surface area contributed by atoms with Gasteiger partial charge < -0.3 is 65.3 Å². The molecule has 0 aromatic rings. The van der Waals surface area contributed by atoms with Crippen LogP contribution in [0.1, 0.15) is 151 Å². The third-order valence-corrected chi connectivity index (χ3v) is 12.2. The van der Waals surface area contributed by atoms with Crippen LogP contribution in [-0.2, 0) is 43.2 Å². The topological polar surface area (TPSA) is 362 Å². The number of aliphatic hydroxyl groups is 1. The Hall–Kier alpha value is -4.57. The van der Waals surface area contributed by atoms with E-state index in [1.54, 1.807) is 0 Å². The van der Waals surface area contributed by atoms with Gasteiger partial charge in [0, 0.05) is 37.8 Å². The molecule has 1 rings (SSSR count). The first-order valence-electron chi connectivity index (χ1n) is 25.7. The molecule has 0 radical (unpaired) electrons. The summed E-state index contributed by atoms with van der Waals surface area (Å²) < 4.78 is 0. The van der Waals surface area contributed by atoms with Gasteiger partial charge in [0.25, 0.3) is 0 Å². The summed E-state index contributed by atoms with van der Waals surface area (Å²) in [5, 5.41) is 29.5. The minimum atomic E-state index is -1.23. The number of amides is 7. The smallest absolute Gasteiger partial charge is 0.243 e. The summed E-state index contributed by atoms with van der Waals surface area (Å²) in [4.78, 5) is 125. The van der Waals surface area contributed by atoms with Gasteiger partial charge in [0.05, 0.1) is 24.6 Å². The van der Waals surface area contributed by atoms with Gasteiger partial charge in [-0.1, -0.05) is 80.6 Å². The van der Waals surface area contributed by atoms with Gasteiger partial charge in [0.2, 0.25) is 41.4 Å². The molecule has 0 aliphatic carbocycles. The Bertz CT molecular complexity index is 1660. The molecule has 1 fully saturated rings. The predicted octanol–water partition coefficient (Wildman–Crippen LogP) is -0.179. The number of hydrogen-bond donors (Lipinski definition) is 12. The van der Waals surface area contributed by atoms with Gasteiger partial charge in [-0.05, 0) is 88.8 Å². The first-order valence-corrected chi connectivity index (χ1v) is 25.7. The molecule has 1 heterocycles. The average Bonchev–Trinajstić information content (AvgIpc) is 3.28. The van der Waals surface area contributed by atoms with Crippen molar-refractivity contribution in [2.75, 3.05) is 32.7 Å². The fraction of sp³-hybridized carbons (Fsp3) is 0.816. The number of hydrogen-bond acceptors (Lipinski definition) is 14. The van der Waals surface area contributed by atoms with Gasteiger partial charge in [-0.3, -0.25) is 43.2 Å². The van der Waals surface area contributed by atoms with Crippen LogP contribution in [0.4, 0.5) is 0 Å². The number of Topliss-reactive ketones (excluding diaryl/α,β-unsaturated/α-hetero) is 2. The van der Waals surface area contributed by atoms with Crippen molar-refractivity contribution in [1.82, 2.24) is 37.2 Å². The van der Waals surface area contributed by atoms with Crippen molar-refractivity contribution in [1.29, 1.82) is 0 Å². The Kier molecular flexibility index (Phi) is 31.5. The molecule has 0 unspecified atom stereocenters. The third-order valence-electron chi connectivity index (χ3n) is 12.2. The SMILES string of the molecule is CCCCCCC[C@@H](O)CC(=O)N[C@H](CN)C(=O)C[C@H]1CCNC(=O)[C@H](CC(C)C)NC(=O)[C@H](CCN)NC(=O)[C@H](CCN)NC(=O)[C@H](CC(C)C)NC(=O)[C@@H](CC(C)C)CC(=O)[C@H](CCN)NC1=O. The zero-order valence-corrected chi connectivity index (χ0v) is 43.2. The summed E-state index contributed by atoms with van der Waals surface area (Å²) in [6.07, 6.45) is 3.62. The van der Waals surface area contributed by atoms with E-state index in [4.69, 9.17) is 22.9 Å². The van der Waals surface area contributed by atoms with Crippen LogP contribution in [0, 0.1) is 29.6 Å². The van der Waals surface area contributed by atoms with Crippen LogP contribution in [0.15, 0.2) is 0 Å². The molecule has 7 amide bonds. The first kappa shape index (κ1) is 63.4. The highest BCUT2D eigenvalue weighted by Crippen LogP contribution is 2.21. The monoisotopic (exact) mass is 994 g/mol. The first-order chi connectivity index (χ1) is 33.1. The lowest BCUT2D eigenvalue weighted by atomic mass is 9.88. The van der Waals surface area contributed by atoms with Gasteiger partial charge in [-0.15, -0.1) is 0 Å². The van der Waals surface area contributed by atoms with E-state index in [0.717, 1.165) is 32.1 Å². The van der Waals surface area contributed by atoms with Gasteiger partial charge in [-0.2, -0.15) is 0 Å². The van der Waals surface area contributed by atoms with Crippen LogP contribution in [-0.4, -0.2) is 133 Å². The molecule has 16 N–H and O–H groups in total. The maximum atomic E-state index is 14.3. The normalized spacial score (nSPS) is 24.0. The van der Waals surface area contributed by atoms with Gasteiger partial charge in [0.15, 0.2) is 11.6 Å². The molecule has 0 bridgehead atoms. The van der Waals surface area contributed by atoms with E-state index in [1.165, 1.54) is 0 Å². The Morgan fingerprint density at radius 1 is 0.600 bits per heavy atom. The highest BCUT2D eigenvalue weighted by molar-refractivity contribution is 5.98. The highest BCUT2D eigenvalue weighted by atomic mass is 16.3. The fourth-order valence-electron chi connectivity index (χ4n) is 8.42. The van der Waals surface area contributed by atoms with Crippen LogP contribution in [0.25, 0.3) is 0 Å². The average molecular weight is 994 g/mol. The summed E-state index contributed by atoms with van der Waals surface area (Å²) in [6.45, 7) is 12.6. The van der Waals surface area contributed by atoms with Crippen molar-refractivity contribution in [3.8, 4) is 0 Å². The minimum Gasteiger partial charge on any atom is -0.393 e. The summed E-state index contributed by atoms with van der Waals surface area (Å²) in [5.74, 6) is -8.22. The largest absolute Gasteiger partial charge is 0.393 e. The number of aliphatic hydroxyl groups excluding tert-OH is 1. The highest BCUT2D eigenvalue weighted by Gasteiger charge is 2.36.